The van der Waals surface area contributed by atoms with Gasteiger partial charge in [-0.05, 0) is 19.3 Å². The molecule has 2 unspecified atom stereocenters. The second-order valence-corrected chi connectivity index (χ2v) is 4.40. The molecular formula is C12H20O2. The predicted molar refractivity (Wildman–Crippen MR) is 58.1 cm³/mol. The molecule has 0 fully saturated rings. The number of ether oxygens (including phenoxy) is 1. The zero-order valence-electron chi connectivity index (χ0n) is 9.23. The number of rotatable bonds is 4. The first-order chi connectivity index (χ1) is 6.54. The van der Waals surface area contributed by atoms with Crippen LogP contribution >= 0.6 is 0 Å². The van der Waals surface area contributed by atoms with Crippen LogP contribution in [0.25, 0.3) is 0 Å². The summed E-state index contributed by atoms with van der Waals surface area (Å²) in [5.74, 6) is 0.638. The van der Waals surface area contributed by atoms with Crippen molar-refractivity contribution < 1.29 is 9.84 Å². The van der Waals surface area contributed by atoms with Crippen molar-refractivity contribution in [3.8, 4) is 0 Å². The van der Waals surface area contributed by atoms with Gasteiger partial charge in [0.15, 0.2) is 0 Å². The highest BCUT2D eigenvalue weighted by molar-refractivity contribution is 5.21. The fraction of sp³-hybridized carbons (Fsp3) is 0.667. The van der Waals surface area contributed by atoms with Crippen LogP contribution in [0.15, 0.2) is 24.3 Å². The van der Waals surface area contributed by atoms with Crippen molar-refractivity contribution in [2.24, 2.45) is 5.92 Å². The molecule has 0 saturated heterocycles. The first kappa shape index (κ1) is 11.5. The zero-order valence-corrected chi connectivity index (χ0v) is 9.23. The fourth-order valence-electron chi connectivity index (χ4n) is 1.35. The smallest absolute Gasteiger partial charge is 0.113 e. The molecule has 0 saturated carbocycles. The molecule has 0 bridgehead atoms. The summed E-state index contributed by atoms with van der Waals surface area (Å²) in [6.07, 6.45) is 7.94. The normalized spacial score (nSPS) is 31.4. The molecule has 1 N–H and O–H groups in total. The van der Waals surface area contributed by atoms with Gasteiger partial charge in [-0.3, -0.25) is 0 Å². The van der Waals surface area contributed by atoms with E-state index in [2.05, 4.69) is 13.8 Å². The van der Waals surface area contributed by atoms with E-state index in [9.17, 15) is 5.11 Å². The lowest BCUT2D eigenvalue weighted by molar-refractivity contribution is -0.0658. The van der Waals surface area contributed by atoms with Crippen LogP contribution in [0.1, 0.15) is 27.2 Å². The Labute approximate surface area is 86.3 Å². The lowest BCUT2D eigenvalue weighted by Gasteiger charge is -2.32. The lowest BCUT2D eigenvalue weighted by atomic mass is 9.94. The van der Waals surface area contributed by atoms with Gasteiger partial charge in [0.05, 0.1) is 0 Å². The van der Waals surface area contributed by atoms with Crippen LogP contribution in [0.4, 0.5) is 0 Å². The van der Waals surface area contributed by atoms with E-state index in [-0.39, 0.29) is 0 Å². The zero-order chi connectivity index (χ0) is 10.6. The van der Waals surface area contributed by atoms with Crippen LogP contribution in [-0.2, 0) is 4.74 Å². The van der Waals surface area contributed by atoms with Crippen molar-refractivity contribution in [3.63, 3.8) is 0 Å². The van der Waals surface area contributed by atoms with Crippen LogP contribution < -0.4 is 0 Å². The first-order valence-electron chi connectivity index (χ1n) is 5.22. The molecule has 0 heterocycles. The summed E-state index contributed by atoms with van der Waals surface area (Å²) in [4.78, 5) is 0. The van der Waals surface area contributed by atoms with Crippen molar-refractivity contribution >= 4 is 0 Å². The third-order valence-electron chi connectivity index (χ3n) is 2.53. The van der Waals surface area contributed by atoms with Crippen molar-refractivity contribution in [3.05, 3.63) is 24.3 Å². The Bertz CT molecular complexity index is 230. The van der Waals surface area contributed by atoms with E-state index in [4.69, 9.17) is 4.74 Å². The summed E-state index contributed by atoms with van der Waals surface area (Å²) in [6.45, 7) is 6.94. The topological polar surface area (TPSA) is 29.5 Å². The van der Waals surface area contributed by atoms with Crippen molar-refractivity contribution in [1.82, 2.24) is 0 Å². The molecule has 1 aliphatic rings. The summed E-state index contributed by atoms with van der Waals surface area (Å²) in [5, 5.41) is 9.73. The van der Waals surface area contributed by atoms with E-state index in [0.29, 0.717) is 12.5 Å². The molecule has 0 spiro atoms. The van der Waals surface area contributed by atoms with E-state index in [1.165, 1.54) is 0 Å². The Morgan fingerprint density at radius 2 is 2.14 bits per heavy atom. The Balaban J connectivity index is 2.41. The molecular weight excluding hydrogens is 176 g/mol. The van der Waals surface area contributed by atoms with Crippen LogP contribution in [0.2, 0.25) is 0 Å². The molecule has 1 rings (SSSR count). The minimum atomic E-state index is -0.538. The number of hydrogen-bond acceptors (Lipinski definition) is 2. The Morgan fingerprint density at radius 3 is 2.71 bits per heavy atom. The monoisotopic (exact) mass is 196 g/mol. The second kappa shape index (κ2) is 4.76. The van der Waals surface area contributed by atoms with Gasteiger partial charge in [-0.15, -0.1) is 0 Å². The number of hydrogen-bond donors (Lipinski definition) is 1. The highest BCUT2D eigenvalue weighted by atomic mass is 16.5. The van der Waals surface area contributed by atoms with Crippen molar-refractivity contribution in [1.29, 1.82) is 0 Å². The Morgan fingerprint density at radius 1 is 1.43 bits per heavy atom. The summed E-state index contributed by atoms with van der Waals surface area (Å²) in [5.41, 5.74) is -0.538. The van der Waals surface area contributed by atoms with Crippen molar-refractivity contribution in [2.75, 3.05) is 6.61 Å². The molecule has 2 nitrogen and oxygen atoms in total. The molecule has 0 aromatic carbocycles. The SMILES string of the molecule is CC(C)CCOC1(C)C=CC=CC1O. The van der Waals surface area contributed by atoms with E-state index in [0.717, 1.165) is 6.42 Å². The quantitative estimate of drug-likeness (QED) is 0.747. The van der Waals surface area contributed by atoms with E-state index >= 15 is 0 Å². The first-order valence-corrected chi connectivity index (χ1v) is 5.22. The maximum Gasteiger partial charge on any atom is 0.113 e. The second-order valence-electron chi connectivity index (χ2n) is 4.40. The van der Waals surface area contributed by atoms with Gasteiger partial charge in [-0.2, -0.15) is 0 Å². The number of allylic oxidation sites excluding steroid dienone is 2. The summed E-state index contributed by atoms with van der Waals surface area (Å²) >= 11 is 0. The molecule has 0 aliphatic heterocycles. The van der Waals surface area contributed by atoms with Gasteiger partial charge < -0.3 is 9.84 Å². The molecule has 0 aromatic rings. The number of aliphatic hydroxyl groups is 1. The molecule has 0 amide bonds. The Hall–Kier alpha value is -0.600. The van der Waals surface area contributed by atoms with Crippen molar-refractivity contribution in [2.45, 2.75) is 38.9 Å². The summed E-state index contributed by atoms with van der Waals surface area (Å²) in [6, 6.07) is 0. The van der Waals surface area contributed by atoms with Gasteiger partial charge in [0.25, 0.3) is 0 Å². The molecule has 2 atom stereocenters. The molecule has 0 aromatic heterocycles. The van der Waals surface area contributed by atoms with Gasteiger partial charge in [-0.25, -0.2) is 0 Å². The summed E-state index contributed by atoms with van der Waals surface area (Å²) < 4.78 is 5.71. The number of aliphatic hydroxyl groups excluding tert-OH is 1. The Kier molecular flexibility index (Phi) is 3.90. The van der Waals surface area contributed by atoms with Gasteiger partial charge in [0.1, 0.15) is 11.7 Å². The van der Waals surface area contributed by atoms with Gasteiger partial charge in [0, 0.05) is 6.61 Å². The highest BCUT2D eigenvalue weighted by Crippen LogP contribution is 2.22. The maximum absolute atomic E-state index is 9.73. The largest absolute Gasteiger partial charge is 0.386 e. The third-order valence-corrected chi connectivity index (χ3v) is 2.53. The highest BCUT2D eigenvalue weighted by Gasteiger charge is 2.30. The fourth-order valence-corrected chi connectivity index (χ4v) is 1.35. The average Bonchev–Trinajstić information content (AvgIpc) is 2.10. The molecule has 1 aliphatic carbocycles. The molecule has 2 heteroatoms. The van der Waals surface area contributed by atoms with Crippen LogP contribution in [0.3, 0.4) is 0 Å². The van der Waals surface area contributed by atoms with Gasteiger partial charge in [0.2, 0.25) is 0 Å². The van der Waals surface area contributed by atoms with Crippen LogP contribution in [0.5, 0.6) is 0 Å². The van der Waals surface area contributed by atoms with Crippen LogP contribution in [-0.4, -0.2) is 23.4 Å². The molecule has 80 valence electrons. The minimum absolute atomic E-state index is 0.528. The van der Waals surface area contributed by atoms with E-state index in [1.54, 1.807) is 6.08 Å². The lowest BCUT2D eigenvalue weighted by Crippen LogP contribution is -2.40. The van der Waals surface area contributed by atoms with Crippen LogP contribution in [0, 0.1) is 5.92 Å². The predicted octanol–water partition coefficient (Wildman–Crippen LogP) is 2.29. The molecule has 0 radical (unpaired) electrons. The van der Waals surface area contributed by atoms with E-state index in [1.807, 2.05) is 25.2 Å². The minimum Gasteiger partial charge on any atom is -0.386 e. The maximum atomic E-state index is 9.73. The summed E-state index contributed by atoms with van der Waals surface area (Å²) in [7, 11) is 0. The average molecular weight is 196 g/mol. The van der Waals surface area contributed by atoms with Gasteiger partial charge >= 0.3 is 0 Å². The third kappa shape index (κ3) is 2.96. The van der Waals surface area contributed by atoms with E-state index < -0.39 is 11.7 Å². The van der Waals surface area contributed by atoms with Gasteiger partial charge in [-0.1, -0.05) is 38.2 Å². The molecule has 14 heavy (non-hydrogen) atoms. The standard InChI is InChI=1S/C12H20O2/c1-10(2)7-9-14-12(3)8-5-4-6-11(12)13/h4-6,8,10-11,13H,7,9H2,1-3H3.